The highest BCUT2D eigenvalue weighted by atomic mass is 32.1. The highest BCUT2D eigenvalue weighted by molar-refractivity contribution is 7.11. The maximum absolute atomic E-state index is 10.6. The minimum atomic E-state index is -0.371. The van der Waals surface area contributed by atoms with E-state index in [1.165, 1.54) is 9.75 Å². The van der Waals surface area contributed by atoms with Gasteiger partial charge in [0.2, 0.25) is 0 Å². The SMILES string of the molecule is CN=C(NCCCCc1ccc([N+](=O)[O-])cc1)NCc1ccc(C)s1. The van der Waals surface area contributed by atoms with Crippen molar-refractivity contribution in [2.45, 2.75) is 32.7 Å². The lowest BCUT2D eigenvalue weighted by Gasteiger charge is -2.11. The minimum Gasteiger partial charge on any atom is -0.356 e. The van der Waals surface area contributed by atoms with Gasteiger partial charge in [0.15, 0.2) is 5.96 Å². The van der Waals surface area contributed by atoms with Crippen molar-refractivity contribution >= 4 is 23.0 Å². The van der Waals surface area contributed by atoms with Crippen molar-refractivity contribution in [3.63, 3.8) is 0 Å². The molecule has 0 aliphatic rings. The van der Waals surface area contributed by atoms with Crippen LogP contribution in [0.4, 0.5) is 5.69 Å². The molecule has 0 radical (unpaired) electrons. The molecule has 2 rings (SSSR count). The van der Waals surface area contributed by atoms with E-state index in [2.05, 4.69) is 34.7 Å². The second-order valence-corrected chi connectivity index (χ2v) is 7.12. The summed E-state index contributed by atoms with van der Waals surface area (Å²) in [5, 5.41) is 17.3. The molecular weight excluding hydrogens is 336 g/mol. The van der Waals surface area contributed by atoms with Crippen molar-refractivity contribution in [2.24, 2.45) is 4.99 Å². The van der Waals surface area contributed by atoms with Crippen molar-refractivity contribution in [3.8, 4) is 0 Å². The molecule has 25 heavy (non-hydrogen) atoms. The molecule has 2 aromatic rings. The van der Waals surface area contributed by atoms with Gasteiger partial charge in [-0.2, -0.15) is 0 Å². The number of hydrogen-bond donors (Lipinski definition) is 2. The van der Waals surface area contributed by atoms with Crippen LogP contribution in [0.2, 0.25) is 0 Å². The first kappa shape index (κ1) is 18.9. The van der Waals surface area contributed by atoms with Gasteiger partial charge in [-0.1, -0.05) is 12.1 Å². The van der Waals surface area contributed by atoms with Crippen LogP contribution in [0.5, 0.6) is 0 Å². The van der Waals surface area contributed by atoms with Gasteiger partial charge < -0.3 is 10.6 Å². The number of guanidine groups is 1. The lowest BCUT2D eigenvalue weighted by Crippen LogP contribution is -2.37. The van der Waals surface area contributed by atoms with Crippen LogP contribution >= 0.6 is 11.3 Å². The Bertz CT molecular complexity index is 710. The Morgan fingerprint density at radius 3 is 2.52 bits per heavy atom. The predicted molar refractivity (Wildman–Crippen MR) is 103 cm³/mol. The number of nitrogens with one attached hydrogen (secondary N) is 2. The quantitative estimate of drug-likeness (QED) is 0.248. The molecule has 2 N–H and O–H groups in total. The van der Waals surface area contributed by atoms with Gasteiger partial charge >= 0.3 is 0 Å². The topological polar surface area (TPSA) is 79.6 Å². The summed E-state index contributed by atoms with van der Waals surface area (Å²) in [5.41, 5.74) is 1.27. The van der Waals surface area contributed by atoms with Crippen LogP contribution in [0.3, 0.4) is 0 Å². The van der Waals surface area contributed by atoms with Gasteiger partial charge in [-0.05, 0) is 43.9 Å². The molecule has 1 aromatic carbocycles. The summed E-state index contributed by atoms with van der Waals surface area (Å²) in [7, 11) is 1.77. The summed E-state index contributed by atoms with van der Waals surface area (Å²) >= 11 is 1.79. The molecule has 0 fully saturated rings. The normalized spacial score (nSPS) is 11.4. The molecule has 0 saturated heterocycles. The Morgan fingerprint density at radius 2 is 1.92 bits per heavy atom. The van der Waals surface area contributed by atoms with Crippen LogP contribution in [-0.2, 0) is 13.0 Å². The average molecular weight is 360 g/mol. The standard InChI is InChI=1S/C18H24N4O2S/c1-14-6-11-17(25-14)13-21-18(19-2)20-12-4-3-5-15-7-9-16(10-8-15)22(23)24/h6-11H,3-5,12-13H2,1-2H3,(H2,19,20,21). The van der Waals surface area contributed by atoms with E-state index in [1.807, 2.05) is 12.1 Å². The molecule has 7 heteroatoms. The number of nitro benzene ring substituents is 1. The third-order valence-electron chi connectivity index (χ3n) is 3.78. The highest BCUT2D eigenvalue weighted by Crippen LogP contribution is 2.14. The molecule has 0 amide bonds. The van der Waals surface area contributed by atoms with Gasteiger partial charge in [0.1, 0.15) is 0 Å². The zero-order chi connectivity index (χ0) is 18.1. The van der Waals surface area contributed by atoms with Gasteiger partial charge in [-0.15, -0.1) is 11.3 Å². The first-order valence-corrected chi connectivity index (χ1v) is 9.13. The molecular formula is C18H24N4O2S. The molecule has 1 heterocycles. The minimum absolute atomic E-state index is 0.140. The van der Waals surface area contributed by atoms with Crippen LogP contribution in [0.25, 0.3) is 0 Å². The molecule has 0 unspecified atom stereocenters. The number of thiophene rings is 1. The summed E-state index contributed by atoms with van der Waals surface area (Å²) in [4.78, 5) is 17.1. The van der Waals surface area contributed by atoms with Gasteiger partial charge in [0, 0.05) is 35.5 Å². The first-order chi connectivity index (χ1) is 12.1. The monoisotopic (exact) mass is 360 g/mol. The van der Waals surface area contributed by atoms with Gasteiger partial charge in [0.05, 0.1) is 11.5 Å². The lowest BCUT2D eigenvalue weighted by atomic mass is 10.1. The lowest BCUT2D eigenvalue weighted by molar-refractivity contribution is -0.384. The maximum Gasteiger partial charge on any atom is 0.269 e. The Morgan fingerprint density at radius 1 is 1.16 bits per heavy atom. The van der Waals surface area contributed by atoms with Crippen LogP contribution in [0, 0.1) is 17.0 Å². The Hall–Kier alpha value is -2.41. The number of non-ortho nitro benzene ring substituents is 1. The van der Waals surface area contributed by atoms with E-state index >= 15 is 0 Å². The van der Waals surface area contributed by atoms with Crippen molar-refractivity contribution < 1.29 is 4.92 Å². The van der Waals surface area contributed by atoms with Gasteiger partial charge in [-0.3, -0.25) is 15.1 Å². The number of unbranched alkanes of at least 4 members (excludes halogenated alkanes) is 1. The van der Waals surface area contributed by atoms with Crippen LogP contribution in [0.15, 0.2) is 41.4 Å². The number of nitrogens with zero attached hydrogens (tertiary/aromatic N) is 2. The molecule has 0 spiro atoms. The number of rotatable bonds is 8. The summed E-state index contributed by atoms with van der Waals surface area (Å²) in [5.74, 6) is 0.807. The van der Waals surface area contributed by atoms with Crippen molar-refractivity contribution in [3.05, 3.63) is 61.8 Å². The Labute approximate surface area is 152 Å². The fraction of sp³-hybridized carbons (Fsp3) is 0.389. The van der Waals surface area contributed by atoms with Gasteiger partial charge in [-0.25, -0.2) is 0 Å². The second-order valence-electron chi connectivity index (χ2n) is 5.75. The molecule has 6 nitrogen and oxygen atoms in total. The van der Waals surface area contributed by atoms with E-state index in [1.54, 1.807) is 30.5 Å². The van der Waals surface area contributed by atoms with Crippen LogP contribution in [0.1, 0.15) is 28.2 Å². The number of aryl methyl sites for hydroxylation is 2. The van der Waals surface area contributed by atoms with Gasteiger partial charge in [0.25, 0.3) is 5.69 Å². The van der Waals surface area contributed by atoms with E-state index in [-0.39, 0.29) is 10.6 Å². The molecule has 0 saturated carbocycles. The first-order valence-electron chi connectivity index (χ1n) is 8.31. The van der Waals surface area contributed by atoms with Crippen LogP contribution in [-0.4, -0.2) is 24.5 Å². The van der Waals surface area contributed by atoms with Crippen molar-refractivity contribution in [1.82, 2.24) is 10.6 Å². The predicted octanol–water partition coefficient (Wildman–Crippen LogP) is 3.65. The number of hydrogen-bond acceptors (Lipinski definition) is 4. The van der Waals surface area contributed by atoms with E-state index in [9.17, 15) is 10.1 Å². The molecule has 0 aliphatic carbocycles. The van der Waals surface area contributed by atoms with E-state index in [0.717, 1.165) is 43.9 Å². The molecule has 0 aliphatic heterocycles. The fourth-order valence-electron chi connectivity index (χ4n) is 2.42. The van der Waals surface area contributed by atoms with Crippen LogP contribution < -0.4 is 10.6 Å². The number of benzene rings is 1. The smallest absolute Gasteiger partial charge is 0.269 e. The highest BCUT2D eigenvalue weighted by Gasteiger charge is 2.04. The van der Waals surface area contributed by atoms with Crippen molar-refractivity contribution in [1.29, 1.82) is 0 Å². The largest absolute Gasteiger partial charge is 0.356 e. The third kappa shape index (κ3) is 6.54. The summed E-state index contributed by atoms with van der Waals surface area (Å²) in [6.45, 7) is 3.73. The van der Waals surface area contributed by atoms with E-state index in [4.69, 9.17) is 0 Å². The molecule has 0 atom stereocenters. The average Bonchev–Trinajstić information content (AvgIpc) is 3.03. The molecule has 134 valence electrons. The van der Waals surface area contributed by atoms with Crippen molar-refractivity contribution in [2.75, 3.05) is 13.6 Å². The molecule has 1 aromatic heterocycles. The van der Waals surface area contributed by atoms with E-state index < -0.39 is 0 Å². The molecule has 0 bridgehead atoms. The third-order valence-corrected chi connectivity index (χ3v) is 4.78. The maximum atomic E-state index is 10.6. The second kappa shape index (κ2) is 9.78. The zero-order valence-corrected chi connectivity index (χ0v) is 15.4. The summed E-state index contributed by atoms with van der Waals surface area (Å²) < 4.78 is 0. The number of aliphatic imine (C=N–C) groups is 1. The van der Waals surface area contributed by atoms with E-state index in [0.29, 0.717) is 0 Å². The summed E-state index contributed by atoms with van der Waals surface area (Å²) in [6, 6.07) is 11.0. The zero-order valence-electron chi connectivity index (χ0n) is 14.6. The Balaban J connectivity index is 1.63. The Kier molecular flexibility index (Phi) is 7.40. The fourth-order valence-corrected chi connectivity index (χ4v) is 3.25. The number of nitro groups is 1. The summed E-state index contributed by atoms with van der Waals surface area (Å²) in [6.07, 6.45) is 2.95.